The molecule has 0 spiro atoms. The number of halogens is 1. The van der Waals surface area contributed by atoms with E-state index in [2.05, 4.69) is 26.4 Å². The van der Waals surface area contributed by atoms with Gasteiger partial charge in [0.1, 0.15) is 0 Å². The van der Waals surface area contributed by atoms with E-state index in [-0.39, 0.29) is 11.7 Å². The van der Waals surface area contributed by atoms with Crippen molar-refractivity contribution in [3.05, 3.63) is 51.8 Å². The van der Waals surface area contributed by atoms with Gasteiger partial charge in [-0.2, -0.15) is 0 Å². The van der Waals surface area contributed by atoms with Gasteiger partial charge in [-0.15, -0.1) is 0 Å². The van der Waals surface area contributed by atoms with E-state index < -0.39 is 5.97 Å². The maximum Gasteiger partial charge on any atom is 0.358 e. The molecule has 100 valence electrons. The normalized spacial score (nSPS) is 12.3. The van der Waals surface area contributed by atoms with Gasteiger partial charge in [0.2, 0.25) is 0 Å². The highest BCUT2D eigenvalue weighted by atomic mass is 79.9. The van der Waals surface area contributed by atoms with E-state index in [4.69, 9.17) is 9.63 Å². The number of carboxylic acid groups (broad SMARTS) is 1. The fourth-order valence-corrected chi connectivity index (χ4v) is 2.06. The molecule has 0 bridgehead atoms. The summed E-state index contributed by atoms with van der Waals surface area (Å²) in [6.45, 7) is 2.45. The number of carboxylic acids is 1. The zero-order valence-electron chi connectivity index (χ0n) is 10.3. The first-order valence-electron chi connectivity index (χ1n) is 5.74. The number of hydrogen-bond acceptors (Lipinski definition) is 4. The lowest BCUT2D eigenvalue weighted by molar-refractivity contribution is 0.0685. The van der Waals surface area contributed by atoms with Crippen molar-refractivity contribution in [2.75, 3.05) is 0 Å². The Kier molecular flexibility index (Phi) is 4.34. The van der Waals surface area contributed by atoms with Gasteiger partial charge in [-0.1, -0.05) is 33.2 Å². The molecule has 0 amide bonds. The standard InChI is InChI=1S/C13H13BrN2O3/c1-8(9-3-2-4-10(14)5-9)15-7-11-6-12(13(17)18)16-19-11/h2-6,8,15H,7H2,1H3,(H,17,18)/t8-/m1/s1. The molecule has 1 heterocycles. The van der Waals surface area contributed by atoms with Crippen molar-refractivity contribution in [1.29, 1.82) is 0 Å². The summed E-state index contributed by atoms with van der Waals surface area (Å²) in [7, 11) is 0. The van der Waals surface area contributed by atoms with Crippen LogP contribution < -0.4 is 5.32 Å². The predicted molar refractivity (Wildman–Crippen MR) is 72.9 cm³/mol. The Hall–Kier alpha value is -1.66. The molecular formula is C13H13BrN2O3. The molecule has 0 fully saturated rings. The summed E-state index contributed by atoms with van der Waals surface area (Å²) in [5, 5.41) is 15.4. The van der Waals surface area contributed by atoms with Crippen LogP contribution in [-0.4, -0.2) is 16.2 Å². The number of aromatic carboxylic acids is 1. The van der Waals surface area contributed by atoms with E-state index >= 15 is 0 Å². The third kappa shape index (κ3) is 3.65. The van der Waals surface area contributed by atoms with Gasteiger partial charge in [0.15, 0.2) is 11.5 Å². The van der Waals surface area contributed by atoms with E-state index in [0.29, 0.717) is 12.3 Å². The number of nitrogens with one attached hydrogen (secondary N) is 1. The van der Waals surface area contributed by atoms with E-state index in [1.54, 1.807) is 0 Å². The van der Waals surface area contributed by atoms with Crippen molar-refractivity contribution in [3.8, 4) is 0 Å². The number of nitrogens with zero attached hydrogens (tertiary/aromatic N) is 1. The van der Waals surface area contributed by atoms with Crippen molar-refractivity contribution in [2.45, 2.75) is 19.5 Å². The molecule has 0 aliphatic heterocycles. The fraction of sp³-hybridized carbons (Fsp3) is 0.231. The van der Waals surface area contributed by atoms with Gasteiger partial charge < -0.3 is 14.9 Å². The van der Waals surface area contributed by atoms with Crippen LogP contribution in [0.2, 0.25) is 0 Å². The van der Waals surface area contributed by atoms with Crippen LogP contribution in [0.4, 0.5) is 0 Å². The van der Waals surface area contributed by atoms with Gasteiger partial charge in [-0.05, 0) is 24.6 Å². The van der Waals surface area contributed by atoms with Crippen LogP contribution >= 0.6 is 15.9 Å². The van der Waals surface area contributed by atoms with Crippen LogP contribution in [0.3, 0.4) is 0 Å². The molecule has 0 radical (unpaired) electrons. The summed E-state index contributed by atoms with van der Waals surface area (Å²) in [5.41, 5.74) is 1.05. The van der Waals surface area contributed by atoms with Crippen molar-refractivity contribution >= 4 is 21.9 Å². The molecule has 19 heavy (non-hydrogen) atoms. The molecule has 1 aromatic carbocycles. The molecule has 5 nitrogen and oxygen atoms in total. The zero-order chi connectivity index (χ0) is 13.8. The Bertz CT molecular complexity index is 583. The van der Waals surface area contributed by atoms with E-state index in [9.17, 15) is 4.79 Å². The van der Waals surface area contributed by atoms with E-state index in [1.165, 1.54) is 6.07 Å². The minimum atomic E-state index is -1.09. The van der Waals surface area contributed by atoms with Gasteiger partial charge in [0.05, 0.1) is 6.54 Å². The Balaban J connectivity index is 1.96. The first-order chi connectivity index (χ1) is 9.06. The number of hydrogen-bond donors (Lipinski definition) is 2. The number of benzene rings is 1. The quantitative estimate of drug-likeness (QED) is 0.884. The Morgan fingerprint density at radius 2 is 2.32 bits per heavy atom. The summed E-state index contributed by atoms with van der Waals surface area (Å²) in [6.07, 6.45) is 0. The maximum absolute atomic E-state index is 10.7. The molecule has 1 aromatic heterocycles. The molecule has 2 rings (SSSR count). The molecular weight excluding hydrogens is 312 g/mol. The summed E-state index contributed by atoms with van der Waals surface area (Å²) in [4.78, 5) is 10.7. The second-order valence-corrected chi connectivity index (χ2v) is 5.06. The second kappa shape index (κ2) is 5.99. The van der Waals surface area contributed by atoms with Crippen molar-refractivity contribution in [2.24, 2.45) is 0 Å². The second-order valence-electron chi connectivity index (χ2n) is 4.14. The van der Waals surface area contributed by atoms with Crippen molar-refractivity contribution in [1.82, 2.24) is 10.5 Å². The first kappa shape index (κ1) is 13.8. The lowest BCUT2D eigenvalue weighted by Gasteiger charge is -2.13. The molecule has 2 aromatic rings. The van der Waals surface area contributed by atoms with Crippen LogP contribution in [0, 0.1) is 0 Å². The lowest BCUT2D eigenvalue weighted by Crippen LogP contribution is -2.17. The van der Waals surface area contributed by atoms with Crippen LogP contribution in [0.15, 0.2) is 39.3 Å². The molecule has 0 aliphatic carbocycles. The third-order valence-electron chi connectivity index (χ3n) is 2.71. The smallest absolute Gasteiger partial charge is 0.358 e. The summed E-state index contributed by atoms with van der Waals surface area (Å²) in [6, 6.07) is 9.52. The molecule has 1 atom stereocenters. The minimum absolute atomic E-state index is 0.0769. The first-order valence-corrected chi connectivity index (χ1v) is 6.53. The number of aromatic nitrogens is 1. The average molecular weight is 325 g/mol. The molecule has 2 N–H and O–H groups in total. The van der Waals surface area contributed by atoms with Crippen molar-refractivity contribution < 1.29 is 14.4 Å². The van der Waals surface area contributed by atoms with Gasteiger partial charge in [-0.3, -0.25) is 0 Å². The largest absolute Gasteiger partial charge is 0.476 e. The van der Waals surface area contributed by atoms with Crippen LogP contribution in [-0.2, 0) is 6.54 Å². The number of carbonyl (C=O) groups is 1. The van der Waals surface area contributed by atoms with Gasteiger partial charge in [0.25, 0.3) is 0 Å². The molecule has 0 saturated carbocycles. The monoisotopic (exact) mass is 324 g/mol. The van der Waals surface area contributed by atoms with Crippen LogP contribution in [0.1, 0.15) is 34.8 Å². The molecule has 0 saturated heterocycles. The van der Waals surface area contributed by atoms with Gasteiger partial charge >= 0.3 is 5.97 Å². The van der Waals surface area contributed by atoms with Crippen LogP contribution in [0.25, 0.3) is 0 Å². The zero-order valence-corrected chi connectivity index (χ0v) is 11.8. The topological polar surface area (TPSA) is 75.4 Å². The fourth-order valence-electron chi connectivity index (χ4n) is 1.64. The molecule has 0 unspecified atom stereocenters. The van der Waals surface area contributed by atoms with E-state index in [1.807, 2.05) is 31.2 Å². The number of rotatable bonds is 5. The third-order valence-corrected chi connectivity index (χ3v) is 3.20. The Morgan fingerprint density at radius 1 is 1.53 bits per heavy atom. The van der Waals surface area contributed by atoms with Gasteiger partial charge in [0, 0.05) is 16.6 Å². The highest BCUT2D eigenvalue weighted by molar-refractivity contribution is 9.10. The minimum Gasteiger partial charge on any atom is -0.476 e. The average Bonchev–Trinajstić information content (AvgIpc) is 2.85. The summed E-state index contributed by atoms with van der Waals surface area (Å²) in [5.74, 6) is -0.589. The SMILES string of the molecule is C[C@@H](NCc1cc(C(=O)O)no1)c1cccc(Br)c1. The van der Waals surface area contributed by atoms with Crippen LogP contribution in [0.5, 0.6) is 0 Å². The van der Waals surface area contributed by atoms with Gasteiger partial charge in [-0.25, -0.2) is 4.79 Å². The Morgan fingerprint density at radius 3 is 2.95 bits per heavy atom. The van der Waals surface area contributed by atoms with Crippen molar-refractivity contribution in [3.63, 3.8) is 0 Å². The van der Waals surface area contributed by atoms with E-state index in [0.717, 1.165) is 10.0 Å². The summed E-state index contributed by atoms with van der Waals surface area (Å²) >= 11 is 3.42. The Labute approximate surface area is 118 Å². The molecule has 6 heteroatoms. The highest BCUT2D eigenvalue weighted by Crippen LogP contribution is 2.18. The predicted octanol–water partition coefficient (Wildman–Crippen LogP) is 2.99. The lowest BCUT2D eigenvalue weighted by atomic mass is 10.1. The summed E-state index contributed by atoms with van der Waals surface area (Å²) < 4.78 is 5.95. The maximum atomic E-state index is 10.7. The highest BCUT2D eigenvalue weighted by Gasteiger charge is 2.12. The molecule has 0 aliphatic rings.